The lowest BCUT2D eigenvalue weighted by atomic mass is 10.2. The van der Waals surface area contributed by atoms with Gasteiger partial charge in [0.15, 0.2) is 0 Å². The number of hydrogen-bond donors (Lipinski definition) is 0. The highest BCUT2D eigenvalue weighted by Gasteiger charge is 2.32. The molecule has 128 valence electrons. The van der Waals surface area contributed by atoms with Crippen molar-refractivity contribution in [2.45, 2.75) is 32.3 Å². The van der Waals surface area contributed by atoms with Crippen LogP contribution in [0.4, 0.5) is 0 Å². The van der Waals surface area contributed by atoms with Crippen molar-refractivity contribution in [2.24, 2.45) is 0 Å². The number of aryl methyl sites for hydroxylation is 1. The third kappa shape index (κ3) is 2.74. The molecular formula is C19H19ClN4O. The molecule has 0 N–H and O–H groups in total. The van der Waals surface area contributed by atoms with E-state index in [0.29, 0.717) is 13.1 Å². The number of amides is 1. The minimum atomic E-state index is -0.525. The van der Waals surface area contributed by atoms with E-state index in [1.54, 1.807) is 11.8 Å². The first-order valence-electron chi connectivity index (χ1n) is 8.28. The first kappa shape index (κ1) is 16.0. The van der Waals surface area contributed by atoms with Crippen molar-refractivity contribution >= 4 is 17.5 Å². The highest BCUT2D eigenvalue weighted by molar-refractivity contribution is 6.30. The number of carbonyl (C=O) groups excluding carboxylic acids is 1. The predicted molar refractivity (Wildman–Crippen MR) is 97.2 cm³/mol. The molecule has 3 aromatic rings. The van der Waals surface area contributed by atoms with Gasteiger partial charge in [0.25, 0.3) is 0 Å². The van der Waals surface area contributed by atoms with Gasteiger partial charge in [-0.1, -0.05) is 12.1 Å². The maximum atomic E-state index is 12.3. The fourth-order valence-electron chi connectivity index (χ4n) is 3.29. The summed E-state index contributed by atoms with van der Waals surface area (Å²) in [6, 6.07) is 12.2. The Morgan fingerprint density at radius 3 is 2.64 bits per heavy atom. The van der Waals surface area contributed by atoms with Crippen molar-refractivity contribution in [3.63, 3.8) is 0 Å². The first-order valence-corrected chi connectivity index (χ1v) is 8.72. The van der Waals surface area contributed by atoms with Crippen molar-refractivity contribution in [3.05, 3.63) is 65.6 Å². The van der Waals surface area contributed by atoms with Gasteiger partial charge in [-0.05, 0) is 43.7 Å². The molecule has 0 bridgehead atoms. The van der Waals surface area contributed by atoms with Gasteiger partial charge in [-0.2, -0.15) is 5.10 Å². The fourth-order valence-corrected chi connectivity index (χ4v) is 3.43. The smallest absolute Gasteiger partial charge is 0.240 e. The zero-order valence-electron chi connectivity index (χ0n) is 14.2. The van der Waals surface area contributed by atoms with Gasteiger partial charge in [-0.25, -0.2) is 4.68 Å². The second-order valence-corrected chi connectivity index (χ2v) is 7.05. The van der Waals surface area contributed by atoms with Gasteiger partial charge < -0.3 is 9.47 Å². The standard InChI is InChI=1S/C19H19ClN4O/c1-13-6-5-7-15(10-13)24-18(22-8-3-4-9-22)16-11-23(12-17(16)21-24)19(25)14(2)20/h3-10,14H,11-12H2,1-2H3. The summed E-state index contributed by atoms with van der Waals surface area (Å²) in [5.41, 5.74) is 4.19. The second-order valence-electron chi connectivity index (χ2n) is 6.40. The number of alkyl halides is 1. The molecule has 1 aliphatic rings. The summed E-state index contributed by atoms with van der Waals surface area (Å²) in [4.78, 5) is 14.0. The van der Waals surface area contributed by atoms with Crippen molar-refractivity contribution in [1.29, 1.82) is 0 Å². The molecule has 1 atom stereocenters. The molecule has 25 heavy (non-hydrogen) atoms. The van der Waals surface area contributed by atoms with E-state index in [1.807, 2.05) is 45.9 Å². The number of rotatable bonds is 3. The zero-order valence-corrected chi connectivity index (χ0v) is 14.9. The van der Waals surface area contributed by atoms with Crippen molar-refractivity contribution in [1.82, 2.24) is 19.2 Å². The van der Waals surface area contributed by atoms with Crippen LogP contribution in [0.2, 0.25) is 0 Å². The normalized spacial score (nSPS) is 14.6. The average Bonchev–Trinajstić information content (AvgIpc) is 3.29. The van der Waals surface area contributed by atoms with Gasteiger partial charge >= 0.3 is 0 Å². The van der Waals surface area contributed by atoms with Crippen molar-refractivity contribution in [2.75, 3.05) is 0 Å². The van der Waals surface area contributed by atoms with Gasteiger partial charge in [0.2, 0.25) is 5.91 Å². The monoisotopic (exact) mass is 354 g/mol. The molecule has 1 amide bonds. The van der Waals surface area contributed by atoms with Gasteiger partial charge in [0.1, 0.15) is 11.2 Å². The van der Waals surface area contributed by atoms with E-state index in [-0.39, 0.29) is 5.91 Å². The molecule has 0 aliphatic carbocycles. The lowest BCUT2D eigenvalue weighted by Gasteiger charge is -2.18. The zero-order chi connectivity index (χ0) is 17.6. The summed E-state index contributed by atoms with van der Waals surface area (Å²) in [6.45, 7) is 4.81. The second kappa shape index (κ2) is 6.08. The van der Waals surface area contributed by atoms with E-state index in [2.05, 4.69) is 19.1 Å². The molecule has 0 spiro atoms. The maximum absolute atomic E-state index is 12.3. The molecule has 1 aliphatic heterocycles. The summed E-state index contributed by atoms with van der Waals surface area (Å²) in [6.07, 6.45) is 4.00. The van der Waals surface area contributed by atoms with Crippen LogP contribution in [-0.2, 0) is 17.9 Å². The van der Waals surface area contributed by atoms with E-state index >= 15 is 0 Å². The fraction of sp³-hybridized carbons (Fsp3) is 0.263. The third-order valence-corrected chi connectivity index (χ3v) is 4.66. The molecule has 0 radical (unpaired) electrons. The van der Waals surface area contributed by atoms with Crippen molar-refractivity contribution < 1.29 is 4.79 Å². The Morgan fingerprint density at radius 1 is 1.20 bits per heavy atom. The molecule has 1 unspecified atom stereocenters. The Hall–Kier alpha value is -2.53. The van der Waals surface area contributed by atoms with E-state index in [4.69, 9.17) is 16.7 Å². The van der Waals surface area contributed by atoms with Crippen LogP contribution in [0.25, 0.3) is 11.5 Å². The van der Waals surface area contributed by atoms with Crippen LogP contribution in [0.1, 0.15) is 23.7 Å². The Kier molecular flexibility index (Phi) is 3.88. The molecule has 0 saturated heterocycles. The lowest BCUT2D eigenvalue weighted by molar-refractivity contribution is -0.131. The molecule has 5 nitrogen and oxygen atoms in total. The molecule has 0 fully saturated rings. The van der Waals surface area contributed by atoms with Crippen LogP contribution >= 0.6 is 11.6 Å². The Labute approximate surface area is 151 Å². The third-order valence-electron chi connectivity index (χ3n) is 4.48. The maximum Gasteiger partial charge on any atom is 0.240 e. The van der Waals surface area contributed by atoms with E-state index in [9.17, 15) is 4.79 Å². The number of fused-ring (bicyclic) bond motifs is 1. The molecule has 3 heterocycles. The molecule has 1 aromatic carbocycles. The van der Waals surface area contributed by atoms with E-state index < -0.39 is 5.38 Å². The topological polar surface area (TPSA) is 43.1 Å². The average molecular weight is 355 g/mol. The molecule has 2 aromatic heterocycles. The molecule has 4 rings (SSSR count). The summed E-state index contributed by atoms with van der Waals surface area (Å²) in [7, 11) is 0. The number of benzene rings is 1. The van der Waals surface area contributed by atoms with Crippen LogP contribution in [0.15, 0.2) is 48.8 Å². The quantitative estimate of drug-likeness (QED) is 0.676. The molecule has 0 saturated carbocycles. The summed E-state index contributed by atoms with van der Waals surface area (Å²) in [5, 5.41) is 4.28. The van der Waals surface area contributed by atoms with Crippen LogP contribution in [0, 0.1) is 6.92 Å². The van der Waals surface area contributed by atoms with Gasteiger partial charge in [-0.3, -0.25) is 4.79 Å². The van der Waals surface area contributed by atoms with Gasteiger partial charge in [0, 0.05) is 18.0 Å². The van der Waals surface area contributed by atoms with Gasteiger partial charge in [-0.15, -0.1) is 11.6 Å². The first-order chi connectivity index (χ1) is 12.0. The minimum absolute atomic E-state index is 0.0553. The van der Waals surface area contributed by atoms with Crippen LogP contribution in [0.3, 0.4) is 0 Å². The Balaban J connectivity index is 1.82. The number of carbonyl (C=O) groups is 1. The molecular weight excluding hydrogens is 336 g/mol. The summed E-state index contributed by atoms with van der Waals surface area (Å²) in [5.74, 6) is 0.920. The molecule has 6 heteroatoms. The SMILES string of the molecule is Cc1cccc(-n2nc3c(c2-n2cccc2)CN(C(=O)C(C)Cl)C3)c1. The number of hydrogen-bond acceptors (Lipinski definition) is 2. The largest absolute Gasteiger partial charge is 0.331 e. The number of nitrogens with zero attached hydrogens (tertiary/aromatic N) is 4. The highest BCUT2D eigenvalue weighted by atomic mass is 35.5. The van der Waals surface area contributed by atoms with E-state index in [0.717, 1.165) is 22.8 Å². The lowest BCUT2D eigenvalue weighted by Crippen LogP contribution is -2.31. The summed E-state index contributed by atoms with van der Waals surface area (Å²) < 4.78 is 4.01. The Bertz CT molecular complexity index is 927. The number of aromatic nitrogens is 3. The van der Waals surface area contributed by atoms with Crippen LogP contribution < -0.4 is 0 Å². The summed E-state index contributed by atoms with van der Waals surface area (Å²) >= 11 is 5.98. The van der Waals surface area contributed by atoms with E-state index in [1.165, 1.54) is 5.56 Å². The van der Waals surface area contributed by atoms with Crippen molar-refractivity contribution in [3.8, 4) is 11.5 Å². The Morgan fingerprint density at radius 2 is 1.96 bits per heavy atom. The number of halogens is 1. The highest BCUT2D eigenvalue weighted by Crippen LogP contribution is 2.31. The predicted octanol–water partition coefficient (Wildman–Crippen LogP) is 3.44. The van der Waals surface area contributed by atoms with Crippen LogP contribution in [0.5, 0.6) is 0 Å². The minimum Gasteiger partial charge on any atom is -0.331 e. The van der Waals surface area contributed by atoms with Gasteiger partial charge in [0.05, 0.1) is 24.5 Å². The van der Waals surface area contributed by atoms with Crippen LogP contribution in [-0.4, -0.2) is 30.5 Å².